The zero-order valence-electron chi connectivity index (χ0n) is 28.6. The second kappa shape index (κ2) is 16.5. The van der Waals surface area contributed by atoms with Crippen molar-refractivity contribution in [3.05, 3.63) is 88.2 Å². The first kappa shape index (κ1) is 37.3. The first-order chi connectivity index (χ1) is 25.0. The van der Waals surface area contributed by atoms with E-state index < -0.39 is 13.0 Å². The highest BCUT2D eigenvalue weighted by atomic mass is 35.5. The summed E-state index contributed by atoms with van der Waals surface area (Å²) >= 11 is 12.7. The van der Waals surface area contributed by atoms with Crippen LogP contribution in [0.15, 0.2) is 67.0 Å². The van der Waals surface area contributed by atoms with Gasteiger partial charge in [0.15, 0.2) is 0 Å². The smallest absolute Gasteiger partial charge is 0.496 e. The first-order valence-corrected chi connectivity index (χ1v) is 17.5. The van der Waals surface area contributed by atoms with Gasteiger partial charge in [0.25, 0.3) is 5.91 Å². The number of nitrogens with one attached hydrogen (secondary N) is 1. The van der Waals surface area contributed by atoms with Crippen molar-refractivity contribution in [2.75, 3.05) is 52.3 Å². The minimum atomic E-state index is -4.70. The molecule has 0 bridgehead atoms. The van der Waals surface area contributed by atoms with Crippen LogP contribution in [0.25, 0.3) is 16.7 Å². The molecule has 2 aromatic heterocycles. The van der Waals surface area contributed by atoms with Crippen molar-refractivity contribution in [3.8, 4) is 11.4 Å². The van der Waals surface area contributed by atoms with Gasteiger partial charge in [-0.3, -0.25) is 9.53 Å². The maximum Gasteiger partial charge on any atom is 0.522 e. The molecule has 1 saturated heterocycles. The van der Waals surface area contributed by atoms with Gasteiger partial charge in [-0.25, -0.2) is 9.67 Å². The molecule has 17 heteroatoms. The van der Waals surface area contributed by atoms with Crippen LogP contribution in [-0.4, -0.2) is 105 Å². The molecule has 0 radical (unpaired) electrons. The number of aromatic nitrogens is 6. The highest BCUT2D eigenvalue weighted by Crippen LogP contribution is 2.31. The number of fused-ring (bicyclic) bond motifs is 1. The maximum atomic E-state index is 13.9. The fourth-order valence-electron chi connectivity index (χ4n) is 6.52. The van der Waals surface area contributed by atoms with Crippen LogP contribution < -0.4 is 10.1 Å². The molecule has 6 rings (SSSR count). The molecule has 1 fully saturated rings. The number of likely N-dealkylation sites (N-methyl/N-ethyl adjacent to an activating group) is 1. The van der Waals surface area contributed by atoms with Crippen LogP contribution in [0, 0.1) is 0 Å². The number of amides is 1. The van der Waals surface area contributed by atoms with Gasteiger partial charge in [-0.15, -0.1) is 18.3 Å². The molecule has 5 aromatic rings. The van der Waals surface area contributed by atoms with E-state index >= 15 is 0 Å². The number of hydrogen-bond donors (Lipinski definition) is 1. The van der Waals surface area contributed by atoms with Gasteiger partial charge >= 0.3 is 6.36 Å². The topological polar surface area (TPSA) is 115 Å². The standard InChI is InChI=1S/C35H38Cl2F3N9O3/c1-46(33(50)27-20-26(8-10-32(27)51-2)49-22-41-44-45-49)21-24(23-7-9-28(36)29(37)19-23)11-14-47-15-12-25(13-16-47)42-34-43-30-5-3-4-6-31(30)48(34)17-18-52-35(38,39)40/h3-10,19-20,22,24-25H,11-18,21H2,1-2H3,(H,42,43). The summed E-state index contributed by atoms with van der Waals surface area (Å²) in [5, 5.41) is 15.7. The largest absolute Gasteiger partial charge is 0.522 e. The van der Waals surface area contributed by atoms with Crippen LogP contribution >= 0.6 is 23.2 Å². The van der Waals surface area contributed by atoms with E-state index in [4.69, 9.17) is 27.9 Å². The maximum absolute atomic E-state index is 13.9. The number of rotatable bonds is 14. The lowest BCUT2D eigenvalue weighted by Gasteiger charge is -2.34. The number of nitrogens with zero attached hydrogens (tertiary/aromatic N) is 8. The van der Waals surface area contributed by atoms with E-state index in [0.717, 1.165) is 50.0 Å². The van der Waals surface area contributed by atoms with Crippen molar-refractivity contribution >= 4 is 46.1 Å². The van der Waals surface area contributed by atoms with Gasteiger partial charge in [0.1, 0.15) is 12.1 Å². The Labute approximate surface area is 308 Å². The van der Waals surface area contributed by atoms with Crippen LogP contribution in [0.1, 0.15) is 41.1 Å². The Morgan fingerprint density at radius 1 is 1.06 bits per heavy atom. The molecule has 3 heterocycles. The van der Waals surface area contributed by atoms with Gasteiger partial charge in [0.05, 0.1) is 46.0 Å². The number of benzene rings is 3. The molecule has 0 aliphatic carbocycles. The Bertz CT molecular complexity index is 1970. The second-order valence-corrected chi connectivity index (χ2v) is 13.4. The summed E-state index contributed by atoms with van der Waals surface area (Å²) in [6.07, 6.45) is -0.874. The van der Waals surface area contributed by atoms with E-state index in [1.807, 2.05) is 36.4 Å². The van der Waals surface area contributed by atoms with Crippen LogP contribution in [0.3, 0.4) is 0 Å². The molecule has 52 heavy (non-hydrogen) atoms. The number of methoxy groups -OCH3 is 1. The number of carbonyl (C=O) groups is 1. The average Bonchev–Trinajstić information content (AvgIpc) is 3.79. The third-order valence-corrected chi connectivity index (χ3v) is 9.97. The summed E-state index contributed by atoms with van der Waals surface area (Å²) in [6, 6.07) is 18.2. The van der Waals surface area contributed by atoms with Crippen molar-refractivity contribution in [1.29, 1.82) is 0 Å². The van der Waals surface area contributed by atoms with Gasteiger partial charge in [0.2, 0.25) is 5.95 Å². The molecule has 1 aliphatic rings. The third-order valence-electron chi connectivity index (χ3n) is 9.23. The lowest BCUT2D eigenvalue weighted by Crippen LogP contribution is -2.41. The first-order valence-electron chi connectivity index (χ1n) is 16.8. The van der Waals surface area contributed by atoms with E-state index in [0.29, 0.717) is 45.1 Å². The predicted molar refractivity (Wildman–Crippen MR) is 191 cm³/mol. The van der Waals surface area contributed by atoms with Gasteiger partial charge in [-0.05, 0) is 84.3 Å². The number of piperidine rings is 1. The number of alkyl halides is 3. The van der Waals surface area contributed by atoms with Gasteiger partial charge in [0, 0.05) is 45.2 Å². The SMILES string of the molecule is COc1ccc(-n2cnnn2)cc1C(=O)N(C)CC(CCN1CCC(Nc2nc3ccccc3n2CCOC(F)(F)F)CC1)c1ccc(Cl)c(Cl)c1. The Morgan fingerprint density at radius 2 is 1.85 bits per heavy atom. The molecule has 0 saturated carbocycles. The van der Waals surface area contributed by atoms with Crippen LogP contribution in [-0.2, 0) is 11.3 Å². The van der Waals surface area contributed by atoms with E-state index in [1.54, 1.807) is 40.8 Å². The number of tetrazole rings is 1. The number of anilines is 1. The normalized spacial score (nSPS) is 14.8. The fourth-order valence-corrected chi connectivity index (χ4v) is 6.83. The molecule has 3 aromatic carbocycles. The van der Waals surface area contributed by atoms with Crippen molar-refractivity contribution in [1.82, 2.24) is 39.6 Å². The summed E-state index contributed by atoms with van der Waals surface area (Å²) in [5.41, 5.74) is 3.40. The lowest BCUT2D eigenvalue weighted by atomic mass is 9.94. The Hall–Kier alpha value is -4.44. The summed E-state index contributed by atoms with van der Waals surface area (Å²) in [5.74, 6) is 0.672. The molecular weight excluding hydrogens is 722 g/mol. The number of halogens is 5. The lowest BCUT2D eigenvalue weighted by molar-refractivity contribution is -0.325. The summed E-state index contributed by atoms with van der Waals surface area (Å²) in [7, 11) is 3.28. The minimum absolute atomic E-state index is 0.00572. The molecular formula is C35H38Cl2F3N9O3. The quantitative estimate of drug-likeness (QED) is 0.132. The Balaban J connectivity index is 1.10. The highest BCUT2D eigenvalue weighted by molar-refractivity contribution is 6.42. The summed E-state index contributed by atoms with van der Waals surface area (Å²) in [6.45, 7) is 2.27. The van der Waals surface area contributed by atoms with Crippen LogP contribution in [0.2, 0.25) is 10.0 Å². The molecule has 1 N–H and O–H groups in total. The zero-order chi connectivity index (χ0) is 36.8. The van der Waals surface area contributed by atoms with E-state index in [2.05, 4.69) is 35.5 Å². The van der Waals surface area contributed by atoms with Gasteiger partial charge < -0.3 is 24.4 Å². The van der Waals surface area contributed by atoms with Crippen molar-refractivity contribution in [2.24, 2.45) is 0 Å². The molecule has 1 aliphatic heterocycles. The number of hydrogen-bond acceptors (Lipinski definition) is 9. The minimum Gasteiger partial charge on any atom is -0.496 e. The molecule has 1 unspecified atom stereocenters. The predicted octanol–water partition coefficient (Wildman–Crippen LogP) is 6.69. The second-order valence-electron chi connectivity index (χ2n) is 12.6. The number of carbonyl (C=O) groups excluding carboxylic acids is 1. The Morgan fingerprint density at radius 3 is 2.56 bits per heavy atom. The molecule has 1 amide bonds. The number of imidazole rings is 1. The average molecular weight is 761 g/mol. The van der Waals surface area contributed by atoms with Crippen LogP contribution in [0.4, 0.5) is 19.1 Å². The van der Waals surface area contributed by atoms with Gasteiger partial charge in [-0.1, -0.05) is 41.4 Å². The van der Waals surface area contributed by atoms with Crippen molar-refractivity contribution in [3.63, 3.8) is 0 Å². The molecule has 0 spiro atoms. The van der Waals surface area contributed by atoms with Crippen molar-refractivity contribution in [2.45, 2.75) is 44.1 Å². The number of likely N-dealkylation sites (tertiary alicyclic amines) is 1. The van der Waals surface area contributed by atoms with E-state index in [-0.39, 0.29) is 24.4 Å². The number of ether oxygens (including phenoxy) is 2. The number of para-hydroxylation sites is 2. The molecule has 12 nitrogen and oxygen atoms in total. The molecule has 1 atom stereocenters. The van der Waals surface area contributed by atoms with Gasteiger partial charge in [-0.2, -0.15) is 0 Å². The highest BCUT2D eigenvalue weighted by Gasteiger charge is 2.29. The monoisotopic (exact) mass is 759 g/mol. The van der Waals surface area contributed by atoms with E-state index in [1.165, 1.54) is 18.1 Å². The summed E-state index contributed by atoms with van der Waals surface area (Å²) < 4.78 is 50.9. The molecule has 276 valence electrons. The fraction of sp³-hybridized carbons (Fsp3) is 0.400. The van der Waals surface area contributed by atoms with Crippen LogP contribution in [0.5, 0.6) is 5.75 Å². The third kappa shape index (κ3) is 9.13. The van der Waals surface area contributed by atoms with Crippen molar-refractivity contribution < 1.29 is 27.4 Å². The summed E-state index contributed by atoms with van der Waals surface area (Å²) in [4.78, 5) is 22.6. The Kier molecular flexibility index (Phi) is 11.8. The van der Waals surface area contributed by atoms with E-state index in [9.17, 15) is 18.0 Å². The zero-order valence-corrected chi connectivity index (χ0v) is 30.1.